The van der Waals surface area contributed by atoms with E-state index in [1.54, 1.807) is 0 Å². The van der Waals surface area contributed by atoms with Crippen LogP contribution in [-0.4, -0.2) is 29.2 Å². The Morgan fingerprint density at radius 1 is 1.35 bits per heavy atom. The number of hydrogen-bond donors (Lipinski definition) is 0. The molecule has 1 atom stereocenters. The fraction of sp³-hybridized carbons (Fsp3) is 0.588. The fourth-order valence-corrected chi connectivity index (χ4v) is 3.48. The molecule has 1 fully saturated rings. The third-order valence-corrected chi connectivity index (χ3v) is 4.61. The lowest BCUT2D eigenvalue weighted by atomic mass is 9.95. The Morgan fingerprint density at radius 3 is 2.65 bits per heavy atom. The minimum Gasteiger partial charge on any atom is -0.338 e. The molecule has 1 aliphatic rings. The predicted octanol–water partition coefficient (Wildman–Crippen LogP) is 4.45. The van der Waals surface area contributed by atoms with Gasteiger partial charge in [0.25, 0.3) is 5.91 Å². The quantitative estimate of drug-likeness (QED) is 0.743. The Bertz CT molecular complexity index is 439. The van der Waals surface area contributed by atoms with Crippen LogP contribution < -0.4 is 0 Å². The summed E-state index contributed by atoms with van der Waals surface area (Å²) in [5.41, 5.74) is 2.12. The van der Waals surface area contributed by atoms with Crippen molar-refractivity contribution in [1.82, 2.24) is 4.90 Å². The van der Waals surface area contributed by atoms with Gasteiger partial charge in [0.1, 0.15) is 0 Å². The Balaban J connectivity index is 2.02. The van der Waals surface area contributed by atoms with E-state index < -0.39 is 0 Å². The van der Waals surface area contributed by atoms with Gasteiger partial charge in [-0.2, -0.15) is 0 Å². The molecule has 0 saturated carbocycles. The molecule has 3 heteroatoms. The molecule has 0 bridgehead atoms. The summed E-state index contributed by atoms with van der Waals surface area (Å²) in [6.45, 7) is 6.17. The van der Waals surface area contributed by atoms with Gasteiger partial charge >= 0.3 is 0 Å². The summed E-state index contributed by atoms with van der Waals surface area (Å²) in [4.78, 5) is 14.6. The highest BCUT2D eigenvalue weighted by Crippen LogP contribution is 2.22. The van der Waals surface area contributed by atoms with Crippen molar-refractivity contribution in [1.29, 1.82) is 0 Å². The van der Waals surface area contributed by atoms with E-state index in [1.807, 2.05) is 17.0 Å². The number of carbonyl (C=O) groups excluding carboxylic acids is 1. The third kappa shape index (κ3) is 3.85. The predicted molar refractivity (Wildman–Crippen MR) is 87.6 cm³/mol. The molecular formula is C17H24BrNO. The molecule has 0 aromatic heterocycles. The van der Waals surface area contributed by atoms with Gasteiger partial charge in [0, 0.05) is 24.0 Å². The standard InChI is InChI=1S/C17H24BrNO/c1-13(2)15-5-7-16(8-6-15)17(20)19-11-3-4-14(12-19)9-10-18/h5-8,13-14H,3-4,9-12H2,1-2H3. The summed E-state index contributed by atoms with van der Waals surface area (Å²) < 4.78 is 0. The van der Waals surface area contributed by atoms with Crippen LogP contribution >= 0.6 is 15.9 Å². The minimum absolute atomic E-state index is 0.194. The summed E-state index contributed by atoms with van der Waals surface area (Å²) in [7, 11) is 0. The number of nitrogens with zero attached hydrogens (tertiary/aromatic N) is 1. The van der Waals surface area contributed by atoms with Crippen molar-refractivity contribution >= 4 is 21.8 Å². The molecular weight excluding hydrogens is 314 g/mol. The average molecular weight is 338 g/mol. The molecule has 0 radical (unpaired) electrons. The van der Waals surface area contributed by atoms with E-state index in [4.69, 9.17) is 0 Å². The lowest BCUT2D eigenvalue weighted by Crippen LogP contribution is -2.40. The van der Waals surface area contributed by atoms with Crippen LogP contribution in [0.4, 0.5) is 0 Å². The number of piperidine rings is 1. The third-order valence-electron chi connectivity index (χ3n) is 4.15. The molecule has 1 aliphatic heterocycles. The summed E-state index contributed by atoms with van der Waals surface area (Å²) in [5, 5.41) is 1.03. The van der Waals surface area contributed by atoms with E-state index >= 15 is 0 Å². The molecule has 1 aromatic carbocycles. The molecule has 1 aromatic rings. The van der Waals surface area contributed by atoms with E-state index in [9.17, 15) is 4.79 Å². The number of alkyl halides is 1. The molecule has 0 N–H and O–H groups in total. The van der Waals surface area contributed by atoms with Crippen LogP contribution in [0.5, 0.6) is 0 Å². The van der Waals surface area contributed by atoms with Gasteiger partial charge in [-0.25, -0.2) is 0 Å². The van der Waals surface area contributed by atoms with Crippen molar-refractivity contribution < 1.29 is 4.79 Å². The second-order valence-corrected chi connectivity index (χ2v) is 6.81. The SMILES string of the molecule is CC(C)c1ccc(C(=O)N2CCCC(CCBr)C2)cc1. The van der Waals surface area contributed by atoms with Crippen LogP contribution in [-0.2, 0) is 0 Å². The van der Waals surface area contributed by atoms with Gasteiger partial charge in [-0.15, -0.1) is 0 Å². The summed E-state index contributed by atoms with van der Waals surface area (Å²) in [5.74, 6) is 1.36. The Morgan fingerprint density at radius 2 is 2.05 bits per heavy atom. The van der Waals surface area contributed by atoms with Gasteiger partial charge in [-0.05, 0) is 48.8 Å². The molecule has 1 heterocycles. The van der Waals surface area contributed by atoms with Crippen LogP contribution in [0, 0.1) is 5.92 Å². The maximum Gasteiger partial charge on any atom is 0.253 e. The molecule has 20 heavy (non-hydrogen) atoms. The molecule has 2 nitrogen and oxygen atoms in total. The zero-order valence-electron chi connectivity index (χ0n) is 12.4. The molecule has 1 amide bonds. The number of likely N-dealkylation sites (tertiary alicyclic amines) is 1. The van der Waals surface area contributed by atoms with Gasteiger partial charge in [0.15, 0.2) is 0 Å². The lowest BCUT2D eigenvalue weighted by Gasteiger charge is -2.32. The van der Waals surface area contributed by atoms with Gasteiger partial charge in [-0.3, -0.25) is 4.79 Å². The highest BCUT2D eigenvalue weighted by atomic mass is 79.9. The zero-order valence-corrected chi connectivity index (χ0v) is 14.0. The van der Waals surface area contributed by atoms with Crippen molar-refractivity contribution in [3.63, 3.8) is 0 Å². The minimum atomic E-state index is 0.194. The smallest absolute Gasteiger partial charge is 0.253 e. The van der Waals surface area contributed by atoms with E-state index in [0.717, 1.165) is 36.8 Å². The zero-order chi connectivity index (χ0) is 14.5. The molecule has 1 unspecified atom stereocenters. The van der Waals surface area contributed by atoms with Crippen molar-refractivity contribution in [2.75, 3.05) is 18.4 Å². The van der Waals surface area contributed by atoms with Gasteiger partial charge in [0.05, 0.1) is 0 Å². The first-order chi connectivity index (χ1) is 9.61. The van der Waals surface area contributed by atoms with Crippen molar-refractivity contribution in [3.8, 4) is 0 Å². The number of rotatable bonds is 4. The van der Waals surface area contributed by atoms with E-state index in [2.05, 4.69) is 41.9 Å². The first kappa shape index (κ1) is 15.6. The Kier molecular flexibility index (Phi) is 5.64. The maximum atomic E-state index is 12.5. The molecule has 0 spiro atoms. The van der Waals surface area contributed by atoms with Crippen molar-refractivity contribution in [2.45, 2.75) is 39.0 Å². The second-order valence-electron chi connectivity index (χ2n) is 6.01. The van der Waals surface area contributed by atoms with E-state index in [1.165, 1.54) is 12.0 Å². The van der Waals surface area contributed by atoms with Crippen LogP contribution in [0.2, 0.25) is 0 Å². The van der Waals surface area contributed by atoms with Gasteiger partial charge < -0.3 is 4.90 Å². The molecule has 0 aliphatic carbocycles. The number of hydrogen-bond acceptors (Lipinski definition) is 1. The summed E-state index contributed by atoms with van der Waals surface area (Å²) in [6.07, 6.45) is 3.55. The molecule has 1 saturated heterocycles. The van der Waals surface area contributed by atoms with Crippen LogP contribution in [0.3, 0.4) is 0 Å². The highest BCUT2D eigenvalue weighted by molar-refractivity contribution is 9.09. The van der Waals surface area contributed by atoms with Gasteiger partial charge in [-0.1, -0.05) is 41.9 Å². The maximum absolute atomic E-state index is 12.5. The number of halogens is 1. The number of carbonyl (C=O) groups is 1. The van der Waals surface area contributed by atoms with Crippen LogP contribution in [0.15, 0.2) is 24.3 Å². The average Bonchev–Trinajstić information content (AvgIpc) is 2.47. The first-order valence-electron chi connectivity index (χ1n) is 7.57. The van der Waals surface area contributed by atoms with Gasteiger partial charge in [0.2, 0.25) is 0 Å². The first-order valence-corrected chi connectivity index (χ1v) is 8.69. The highest BCUT2D eigenvalue weighted by Gasteiger charge is 2.23. The van der Waals surface area contributed by atoms with Crippen molar-refractivity contribution in [2.24, 2.45) is 5.92 Å². The molecule has 2 rings (SSSR count). The van der Waals surface area contributed by atoms with Crippen molar-refractivity contribution in [3.05, 3.63) is 35.4 Å². The monoisotopic (exact) mass is 337 g/mol. The van der Waals surface area contributed by atoms with Crippen LogP contribution in [0.25, 0.3) is 0 Å². The number of benzene rings is 1. The lowest BCUT2D eigenvalue weighted by molar-refractivity contribution is 0.0672. The van der Waals surface area contributed by atoms with E-state index in [-0.39, 0.29) is 5.91 Å². The normalized spacial score (nSPS) is 19.4. The number of amides is 1. The largest absolute Gasteiger partial charge is 0.338 e. The Hall–Kier alpha value is -0.830. The Labute approximate surface area is 130 Å². The summed E-state index contributed by atoms with van der Waals surface area (Å²) in [6, 6.07) is 8.12. The second kappa shape index (κ2) is 7.26. The summed E-state index contributed by atoms with van der Waals surface area (Å²) >= 11 is 3.50. The van der Waals surface area contributed by atoms with Crippen LogP contribution in [0.1, 0.15) is 54.9 Å². The van der Waals surface area contributed by atoms with E-state index in [0.29, 0.717) is 11.8 Å². The topological polar surface area (TPSA) is 20.3 Å². The molecule has 110 valence electrons. The fourth-order valence-electron chi connectivity index (χ4n) is 2.83.